The molecule has 1 aliphatic heterocycles. The van der Waals surface area contributed by atoms with Crippen LogP contribution in [0.5, 0.6) is 0 Å². The zero-order valence-electron chi connectivity index (χ0n) is 17.7. The second-order valence-corrected chi connectivity index (χ2v) is 7.78. The van der Waals surface area contributed by atoms with Gasteiger partial charge in [0.05, 0.1) is 5.69 Å². The maximum absolute atomic E-state index is 13.0. The number of para-hydroxylation sites is 1. The van der Waals surface area contributed by atoms with Gasteiger partial charge in [-0.25, -0.2) is 0 Å². The van der Waals surface area contributed by atoms with Crippen molar-refractivity contribution < 1.29 is 14.1 Å². The van der Waals surface area contributed by atoms with Crippen molar-refractivity contribution in [1.29, 1.82) is 0 Å². The van der Waals surface area contributed by atoms with E-state index in [1.54, 1.807) is 16.8 Å². The van der Waals surface area contributed by atoms with Gasteiger partial charge in [0.1, 0.15) is 11.8 Å². The molecule has 0 aliphatic carbocycles. The highest BCUT2D eigenvalue weighted by atomic mass is 16.5. The summed E-state index contributed by atoms with van der Waals surface area (Å²) in [6, 6.07) is 9.26. The van der Waals surface area contributed by atoms with E-state index in [0.29, 0.717) is 32.5 Å². The molecule has 0 N–H and O–H groups in total. The third-order valence-electron chi connectivity index (χ3n) is 5.66. The molecule has 0 spiro atoms. The van der Waals surface area contributed by atoms with E-state index in [9.17, 15) is 9.59 Å². The number of rotatable bonds is 7. The van der Waals surface area contributed by atoms with Crippen molar-refractivity contribution in [3.05, 3.63) is 47.3 Å². The molecule has 0 saturated carbocycles. The minimum Gasteiger partial charge on any atom is -0.361 e. The Morgan fingerprint density at radius 2 is 1.97 bits per heavy atom. The van der Waals surface area contributed by atoms with E-state index in [4.69, 9.17) is 4.52 Å². The number of hydrogen-bond donors (Lipinski definition) is 0. The Kier molecular flexibility index (Phi) is 6.69. The van der Waals surface area contributed by atoms with Crippen LogP contribution in [0, 0.1) is 13.8 Å². The van der Waals surface area contributed by atoms with Crippen molar-refractivity contribution in [3.63, 3.8) is 0 Å². The average molecular weight is 399 g/mol. The second kappa shape index (κ2) is 9.22. The number of amides is 2. The summed E-state index contributed by atoms with van der Waals surface area (Å²) in [7, 11) is 3.72. The third-order valence-corrected chi connectivity index (χ3v) is 5.66. The molecule has 29 heavy (non-hydrogen) atoms. The minimum atomic E-state index is -0.399. The van der Waals surface area contributed by atoms with E-state index in [2.05, 4.69) is 10.1 Å². The van der Waals surface area contributed by atoms with Gasteiger partial charge in [-0.2, -0.15) is 0 Å². The lowest BCUT2D eigenvalue weighted by atomic mass is 10.0. The molecular weight excluding hydrogens is 368 g/mol. The van der Waals surface area contributed by atoms with Crippen LogP contribution in [0.15, 0.2) is 34.9 Å². The highest BCUT2D eigenvalue weighted by Gasteiger charge is 2.34. The fourth-order valence-electron chi connectivity index (χ4n) is 3.79. The maximum Gasteiger partial charge on any atom is 0.249 e. The number of benzene rings is 1. The van der Waals surface area contributed by atoms with Crippen molar-refractivity contribution >= 4 is 17.5 Å². The predicted molar refractivity (Wildman–Crippen MR) is 112 cm³/mol. The molecule has 2 amide bonds. The monoisotopic (exact) mass is 398 g/mol. The van der Waals surface area contributed by atoms with Gasteiger partial charge in [0.2, 0.25) is 11.8 Å². The fraction of sp³-hybridized carbons (Fsp3) is 0.500. The lowest BCUT2D eigenvalue weighted by molar-refractivity contribution is -0.139. The van der Waals surface area contributed by atoms with E-state index >= 15 is 0 Å². The van der Waals surface area contributed by atoms with Gasteiger partial charge < -0.3 is 19.2 Å². The van der Waals surface area contributed by atoms with Gasteiger partial charge in [-0.05, 0) is 45.9 Å². The van der Waals surface area contributed by atoms with Crippen LogP contribution in [0.1, 0.15) is 36.3 Å². The first kappa shape index (κ1) is 21.0. The van der Waals surface area contributed by atoms with Crippen molar-refractivity contribution in [2.75, 3.05) is 32.1 Å². The molecule has 1 aliphatic rings. The molecular formula is C22H30N4O3. The molecule has 1 aromatic heterocycles. The summed E-state index contributed by atoms with van der Waals surface area (Å²) in [6.07, 6.45) is 1.96. The largest absolute Gasteiger partial charge is 0.361 e. The molecule has 1 atom stereocenters. The molecule has 1 fully saturated rings. The molecule has 2 heterocycles. The number of aryl methyl sites for hydroxylation is 2. The maximum atomic E-state index is 13.0. The summed E-state index contributed by atoms with van der Waals surface area (Å²) < 4.78 is 5.20. The fourth-order valence-corrected chi connectivity index (χ4v) is 3.79. The van der Waals surface area contributed by atoms with Crippen LogP contribution in [-0.2, 0) is 16.1 Å². The predicted octanol–water partition coefficient (Wildman–Crippen LogP) is 2.77. The van der Waals surface area contributed by atoms with E-state index in [-0.39, 0.29) is 11.8 Å². The molecule has 1 saturated heterocycles. The number of nitrogens with zero attached hydrogens (tertiary/aromatic N) is 4. The van der Waals surface area contributed by atoms with Crippen LogP contribution in [-0.4, -0.2) is 60.0 Å². The lowest BCUT2D eigenvalue weighted by Crippen LogP contribution is -2.53. The van der Waals surface area contributed by atoms with Gasteiger partial charge >= 0.3 is 0 Å². The number of hydrogen-bond acceptors (Lipinski definition) is 5. The summed E-state index contributed by atoms with van der Waals surface area (Å²) in [6.45, 7) is 5.81. The zero-order chi connectivity index (χ0) is 21.0. The van der Waals surface area contributed by atoms with Gasteiger partial charge in [0.15, 0.2) is 0 Å². The van der Waals surface area contributed by atoms with Crippen LogP contribution >= 0.6 is 0 Å². The van der Waals surface area contributed by atoms with Gasteiger partial charge in [-0.3, -0.25) is 9.59 Å². The smallest absolute Gasteiger partial charge is 0.249 e. The van der Waals surface area contributed by atoms with E-state index < -0.39 is 6.04 Å². The van der Waals surface area contributed by atoms with Gasteiger partial charge in [0, 0.05) is 44.4 Å². The number of carbonyl (C=O) groups excluding carboxylic acids is 2. The molecule has 156 valence electrons. The van der Waals surface area contributed by atoms with Crippen molar-refractivity contribution in [2.45, 2.75) is 45.7 Å². The molecule has 0 radical (unpaired) electrons. The van der Waals surface area contributed by atoms with Crippen molar-refractivity contribution in [1.82, 2.24) is 15.0 Å². The van der Waals surface area contributed by atoms with E-state index in [1.807, 2.05) is 51.2 Å². The molecule has 0 bridgehead atoms. The Labute approximate surface area is 172 Å². The zero-order valence-corrected chi connectivity index (χ0v) is 17.7. The Morgan fingerprint density at radius 3 is 2.62 bits per heavy atom. The SMILES string of the molecule is Cc1noc(C)c1CN(C)CCC(=O)N(C)[C@@H]1CCCN(c2ccccc2)C1=O. The Balaban J connectivity index is 1.56. The Morgan fingerprint density at radius 1 is 1.24 bits per heavy atom. The van der Waals surface area contributed by atoms with Crippen molar-refractivity contribution in [3.8, 4) is 0 Å². The van der Waals surface area contributed by atoms with Gasteiger partial charge in [0.25, 0.3) is 0 Å². The summed E-state index contributed by atoms with van der Waals surface area (Å²) in [5.74, 6) is 0.804. The third kappa shape index (κ3) is 4.85. The number of aromatic nitrogens is 1. The summed E-state index contributed by atoms with van der Waals surface area (Å²) in [4.78, 5) is 31.3. The highest BCUT2D eigenvalue weighted by molar-refractivity contribution is 5.99. The Hall–Kier alpha value is -2.67. The quantitative estimate of drug-likeness (QED) is 0.717. The summed E-state index contributed by atoms with van der Waals surface area (Å²) in [5.41, 5.74) is 2.84. The first-order valence-corrected chi connectivity index (χ1v) is 10.1. The molecule has 7 heteroatoms. The van der Waals surface area contributed by atoms with Crippen molar-refractivity contribution in [2.24, 2.45) is 0 Å². The summed E-state index contributed by atoms with van der Waals surface area (Å²) >= 11 is 0. The number of piperidine rings is 1. The van der Waals surface area contributed by atoms with Crippen LogP contribution in [0.2, 0.25) is 0 Å². The standard InChI is InChI=1S/C22H30N4O3/c1-16-19(17(2)29-23-16)15-24(3)14-12-21(27)25(4)20-11-8-13-26(22(20)28)18-9-6-5-7-10-18/h5-7,9-10,20H,8,11-15H2,1-4H3/t20-/m1/s1. The van der Waals surface area contributed by atoms with Gasteiger partial charge in [-0.1, -0.05) is 23.4 Å². The Bertz CT molecular complexity index is 829. The molecule has 1 aromatic carbocycles. The number of anilines is 1. The van der Waals surface area contributed by atoms with Gasteiger partial charge in [-0.15, -0.1) is 0 Å². The first-order valence-electron chi connectivity index (χ1n) is 10.1. The van der Waals surface area contributed by atoms with Crippen LogP contribution in [0.25, 0.3) is 0 Å². The number of likely N-dealkylation sites (N-methyl/N-ethyl adjacent to an activating group) is 1. The molecule has 7 nitrogen and oxygen atoms in total. The molecule has 2 aromatic rings. The highest BCUT2D eigenvalue weighted by Crippen LogP contribution is 2.23. The average Bonchev–Trinajstić information content (AvgIpc) is 3.04. The summed E-state index contributed by atoms with van der Waals surface area (Å²) in [5, 5.41) is 3.98. The van der Waals surface area contributed by atoms with Crippen LogP contribution < -0.4 is 4.90 Å². The minimum absolute atomic E-state index is 0.00220. The topological polar surface area (TPSA) is 69.9 Å². The molecule has 0 unspecified atom stereocenters. The lowest BCUT2D eigenvalue weighted by Gasteiger charge is -2.37. The number of carbonyl (C=O) groups is 2. The molecule has 3 rings (SSSR count). The van der Waals surface area contributed by atoms with Crippen LogP contribution in [0.4, 0.5) is 5.69 Å². The van der Waals surface area contributed by atoms with E-state index in [0.717, 1.165) is 29.1 Å². The van der Waals surface area contributed by atoms with E-state index in [1.165, 1.54) is 0 Å². The first-order chi connectivity index (χ1) is 13.9. The normalized spacial score (nSPS) is 17.1. The second-order valence-electron chi connectivity index (χ2n) is 7.78. The van der Waals surface area contributed by atoms with Crippen LogP contribution in [0.3, 0.4) is 0 Å².